The van der Waals surface area contributed by atoms with Crippen LogP contribution < -0.4 is 4.74 Å². The van der Waals surface area contributed by atoms with Gasteiger partial charge in [0.2, 0.25) is 5.78 Å². The number of hydrogen-bond donors (Lipinski definition) is 1. The minimum atomic E-state index is -0.0875. The number of hydrogen-bond acceptors (Lipinski definition) is 2. The molecular weight excluding hydrogens is 346 g/mol. The van der Waals surface area contributed by atoms with Crippen LogP contribution in [0.5, 0.6) is 5.75 Å². The Morgan fingerprint density at radius 3 is 2.58 bits per heavy atom. The summed E-state index contributed by atoms with van der Waals surface area (Å²) in [7, 11) is 0. The number of benzene rings is 3. The van der Waals surface area contributed by atoms with Gasteiger partial charge in [0.1, 0.15) is 12.4 Å². The maximum absolute atomic E-state index is 12.6. The summed E-state index contributed by atoms with van der Waals surface area (Å²) in [6.07, 6.45) is 0. The molecule has 0 atom stereocenters. The molecule has 0 aliphatic heterocycles. The zero-order valence-electron chi connectivity index (χ0n) is 13.9. The average Bonchev–Trinajstić information content (AvgIpc) is 3.10. The Morgan fingerprint density at radius 2 is 1.77 bits per heavy atom. The highest BCUT2D eigenvalue weighted by molar-refractivity contribution is 6.31. The standard InChI is InChI=1S/C22H16ClNO2/c23-18-8-4-7-16(11-18)22(25)21-13-17-12-19(9-10-20(17)24-21)26-14-15-5-2-1-3-6-15/h1-13,24H,14H2. The zero-order valence-corrected chi connectivity index (χ0v) is 14.7. The number of aromatic nitrogens is 1. The van der Waals surface area contributed by atoms with Gasteiger partial charge < -0.3 is 9.72 Å². The van der Waals surface area contributed by atoms with E-state index < -0.39 is 0 Å². The molecule has 4 aromatic rings. The van der Waals surface area contributed by atoms with Crippen molar-refractivity contribution >= 4 is 28.3 Å². The molecule has 4 heteroatoms. The number of carbonyl (C=O) groups is 1. The van der Waals surface area contributed by atoms with Gasteiger partial charge in [-0.2, -0.15) is 0 Å². The SMILES string of the molecule is O=C(c1cccc(Cl)c1)c1cc2cc(OCc3ccccc3)ccc2[nH]1. The van der Waals surface area contributed by atoms with Gasteiger partial charge in [-0.3, -0.25) is 4.79 Å². The van der Waals surface area contributed by atoms with E-state index in [0.29, 0.717) is 22.9 Å². The van der Waals surface area contributed by atoms with Crippen molar-refractivity contribution in [2.75, 3.05) is 0 Å². The molecule has 0 saturated heterocycles. The van der Waals surface area contributed by atoms with E-state index in [9.17, 15) is 4.79 Å². The van der Waals surface area contributed by atoms with E-state index in [2.05, 4.69) is 4.98 Å². The molecule has 4 rings (SSSR count). The average molecular weight is 362 g/mol. The number of rotatable bonds is 5. The second kappa shape index (κ2) is 7.06. The number of halogens is 1. The molecule has 26 heavy (non-hydrogen) atoms. The van der Waals surface area contributed by atoms with Crippen LogP contribution in [0.25, 0.3) is 10.9 Å². The fraction of sp³-hybridized carbons (Fsp3) is 0.0455. The molecule has 0 saturated carbocycles. The Hall–Kier alpha value is -3.04. The molecule has 3 aromatic carbocycles. The first kappa shape index (κ1) is 16.4. The summed E-state index contributed by atoms with van der Waals surface area (Å²) in [5, 5.41) is 1.48. The van der Waals surface area contributed by atoms with Crippen LogP contribution >= 0.6 is 11.6 Å². The van der Waals surface area contributed by atoms with Gasteiger partial charge >= 0.3 is 0 Å². The third-order valence-electron chi connectivity index (χ3n) is 4.17. The van der Waals surface area contributed by atoms with Gasteiger partial charge in [-0.1, -0.05) is 54.1 Å². The van der Waals surface area contributed by atoms with Crippen LogP contribution in [-0.2, 0) is 6.61 Å². The molecule has 128 valence electrons. The highest BCUT2D eigenvalue weighted by Gasteiger charge is 2.13. The van der Waals surface area contributed by atoms with Crippen molar-refractivity contribution in [3.63, 3.8) is 0 Å². The molecule has 0 radical (unpaired) electrons. The van der Waals surface area contributed by atoms with Crippen LogP contribution in [0.3, 0.4) is 0 Å². The number of aromatic amines is 1. The van der Waals surface area contributed by atoms with Crippen molar-refractivity contribution < 1.29 is 9.53 Å². The van der Waals surface area contributed by atoms with Gasteiger partial charge in [0.15, 0.2) is 0 Å². The summed E-state index contributed by atoms with van der Waals surface area (Å²) >= 11 is 5.98. The fourth-order valence-corrected chi connectivity index (χ4v) is 3.04. The minimum absolute atomic E-state index is 0.0875. The van der Waals surface area contributed by atoms with Gasteiger partial charge in [-0.25, -0.2) is 0 Å². The minimum Gasteiger partial charge on any atom is -0.489 e. The van der Waals surface area contributed by atoms with Gasteiger partial charge in [-0.05, 0) is 42.0 Å². The van der Waals surface area contributed by atoms with E-state index in [4.69, 9.17) is 16.3 Å². The maximum atomic E-state index is 12.6. The van der Waals surface area contributed by atoms with Crippen molar-refractivity contribution in [1.82, 2.24) is 4.98 Å². The van der Waals surface area contributed by atoms with E-state index in [-0.39, 0.29) is 5.78 Å². The summed E-state index contributed by atoms with van der Waals surface area (Å²) in [6, 6.07) is 24.5. The Morgan fingerprint density at radius 1 is 0.923 bits per heavy atom. The summed E-state index contributed by atoms with van der Waals surface area (Å²) in [5.41, 5.74) is 3.09. The predicted molar refractivity (Wildman–Crippen MR) is 104 cm³/mol. The Kier molecular flexibility index (Phi) is 4.46. The number of ether oxygens (including phenoxy) is 1. The Balaban J connectivity index is 1.56. The Labute approximate surface area is 156 Å². The number of fused-ring (bicyclic) bond motifs is 1. The summed E-state index contributed by atoms with van der Waals surface area (Å²) in [4.78, 5) is 15.8. The van der Waals surface area contributed by atoms with E-state index in [1.54, 1.807) is 24.3 Å². The lowest BCUT2D eigenvalue weighted by molar-refractivity contribution is 0.103. The van der Waals surface area contributed by atoms with Crippen molar-refractivity contribution in [3.8, 4) is 5.75 Å². The van der Waals surface area contributed by atoms with Crippen LogP contribution in [0.15, 0.2) is 78.9 Å². The molecule has 0 unspecified atom stereocenters. The van der Waals surface area contributed by atoms with E-state index in [0.717, 1.165) is 22.2 Å². The molecule has 0 spiro atoms. The van der Waals surface area contributed by atoms with Crippen LogP contribution in [0, 0.1) is 0 Å². The van der Waals surface area contributed by atoms with E-state index >= 15 is 0 Å². The molecule has 0 aliphatic rings. The van der Waals surface area contributed by atoms with Crippen LogP contribution in [0.4, 0.5) is 0 Å². The first-order valence-corrected chi connectivity index (χ1v) is 8.66. The van der Waals surface area contributed by atoms with Crippen molar-refractivity contribution in [3.05, 3.63) is 101 Å². The van der Waals surface area contributed by atoms with E-state index in [1.165, 1.54) is 0 Å². The third-order valence-corrected chi connectivity index (χ3v) is 4.41. The van der Waals surface area contributed by atoms with Crippen molar-refractivity contribution in [1.29, 1.82) is 0 Å². The van der Waals surface area contributed by atoms with Crippen LogP contribution in [-0.4, -0.2) is 10.8 Å². The van der Waals surface area contributed by atoms with Gasteiger partial charge in [-0.15, -0.1) is 0 Å². The maximum Gasteiger partial charge on any atom is 0.209 e. The highest BCUT2D eigenvalue weighted by atomic mass is 35.5. The van der Waals surface area contributed by atoms with E-state index in [1.807, 2.05) is 54.6 Å². The molecule has 0 bridgehead atoms. The first-order chi connectivity index (χ1) is 12.7. The smallest absolute Gasteiger partial charge is 0.209 e. The van der Waals surface area contributed by atoms with Crippen LogP contribution in [0.2, 0.25) is 5.02 Å². The third kappa shape index (κ3) is 3.48. The molecule has 0 amide bonds. The topological polar surface area (TPSA) is 42.1 Å². The predicted octanol–water partition coefficient (Wildman–Crippen LogP) is 5.63. The molecule has 1 N–H and O–H groups in total. The lowest BCUT2D eigenvalue weighted by atomic mass is 10.1. The molecule has 0 aliphatic carbocycles. The number of carbonyl (C=O) groups excluding carboxylic acids is 1. The van der Waals surface area contributed by atoms with Crippen molar-refractivity contribution in [2.24, 2.45) is 0 Å². The molecule has 1 aromatic heterocycles. The second-order valence-corrected chi connectivity index (χ2v) is 6.48. The lowest BCUT2D eigenvalue weighted by Gasteiger charge is -2.06. The molecule has 1 heterocycles. The summed E-state index contributed by atoms with van der Waals surface area (Å²) in [5.74, 6) is 0.678. The van der Waals surface area contributed by atoms with Gasteiger partial charge in [0.25, 0.3) is 0 Å². The lowest BCUT2D eigenvalue weighted by Crippen LogP contribution is -2.01. The number of ketones is 1. The van der Waals surface area contributed by atoms with Crippen molar-refractivity contribution in [2.45, 2.75) is 6.61 Å². The molecule has 0 fully saturated rings. The molecular formula is C22H16ClNO2. The number of H-pyrrole nitrogens is 1. The normalized spacial score (nSPS) is 10.8. The number of nitrogens with one attached hydrogen (secondary N) is 1. The first-order valence-electron chi connectivity index (χ1n) is 8.29. The second-order valence-electron chi connectivity index (χ2n) is 6.05. The fourth-order valence-electron chi connectivity index (χ4n) is 2.85. The quantitative estimate of drug-likeness (QED) is 0.468. The Bertz CT molecular complexity index is 1070. The summed E-state index contributed by atoms with van der Waals surface area (Å²) in [6.45, 7) is 0.505. The largest absolute Gasteiger partial charge is 0.489 e. The monoisotopic (exact) mass is 361 g/mol. The molecule has 3 nitrogen and oxygen atoms in total. The summed E-state index contributed by atoms with van der Waals surface area (Å²) < 4.78 is 5.85. The van der Waals surface area contributed by atoms with Crippen LogP contribution in [0.1, 0.15) is 21.6 Å². The highest BCUT2D eigenvalue weighted by Crippen LogP contribution is 2.24. The van der Waals surface area contributed by atoms with Gasteiger partial charge in [0, 0.05) is 21.5 Å². The zero-order chi connectivity index (χ0) is 17.9. The van der Waals surface area contributed by atoms with Gasteiger partial charge in [0.05, 0.1) is 5.69 Å².